The fraction of sp³-hybridized carbons (Fsp3) is 0.400. The number of benzene rings is 1. The first-order valence-electron chi connectivity index (χ1n) is 6.89. The van der Waals surface area contributed by atoms with Gasteiger partial charge in [-0.05, 0) is 31.4 Å². The number of nitrogens with two attached hydrogens (primary N) is 2. The predicted molar refractivity (Wildman–Crippen MR) is 84.1 cm³/mol. The smallest absolute Gasteiger partial charge is 0.266 e. The molecule has 2 heterocycles. The minimum Gasteiger partial charge on any atom is -0.397 e. The van der Waals surface area contributed by atoms with Gasteiger partial charge in [0.2, 0.25) is 0 Å². The molecule has 0 atom stereocenters. The van der Waals surface area contributed by atoms with E-state index in [1.165, 1.54) is 16.9 Å². The molecule has 1 aliphatic heterocycles. The Morgan fingerprint density at radius 3 is 2.75 bits per heavy atom. The number of nitrogens with zero attached hydrogens (tertiary/aromatic N) is 1. The van der Waals surface area contributed by atoms with Gasteiger partial charge in [-0.3, -0.25) is 4.79 Å². The summed E-state index contributed by atoms with van der Waals surface area (Å²) >= 11 is 1.49. The third kappa shape index (κ3) is 2.27. The molecule has 0 aliphatic carbocycles. The van der Waals surface area contributed by atoms with E-state index in [4.69, 9.17) is 11.5 Å². The number of nitrogen functional groups attached to an aromatic ring is 1. The van der Waals surface area contributed by atoms with Crippen molar-refractivity contribution in [2.45, 2.75) is 25.8 Å². The summed E-state index contributed by atoms with van der Waals surface area (Å²) < 4.78 is 1.08. The molecule has 106 valence electrons. The van der Waals surface area contributed by atoms with E-state index in [1.54, 1.807) is 0 Å². The minimum atomic E-state index is 0.0493. The number of anilines is 1. The number of hydrogen-bond acceptors (Lipinski definition) is 4. The summed E-state index contributed by atoms with van der Waals surface area (Å²) in [6, 6.07) is 6.33. The molecule has 2 aromatic rings. The summed E-state index contributed by atoms with van der Waals surface area (Å²) in [5.74, 6) is 0.0493. The van der Waals surface area contributed by atoms with Crippen LogP contribution in [0.25, 0.3) is 10.1 Å². The Bertz CT molecular complexity index is 656. The Hall–Kier alpha value is -1.59. The van der Waals surface area contributed by atoms with Gasteiger partial charge in [-0.25, -0.2) is 0 Å². The molecule has 0 radical (unpaired) electrons. The average molecular weight is 289 g/mol. The fourth-order valence-corrected chi connectivity index (χ4v) is 3.82. The molecule has 0 unspecified atom stereocenters. The summed E-state index contributed by atoms with van der Waals surface area (Å²) in [6.45, 7) is 3.50. The first-order chi connectivity index (χ1) is 9.56. The molecule has 0 saturated carbocycles. The zero-order valence-electron chi connectivity index (χ0n) is 11.6. The van der Waals surface area contributed by atoms with Gasteiger partial charge in [-0.15, -0.1) is 11.3 Å². The van der Waals surface area contributed by atoms with Crippen LogP contribution in [-0.4, -0.2) is 29.9 Å². The molecule has 1 saturated heterocycles. The van der Waals surface area contributed by atoms with Gasteiger partial charge in [-0.1, -0.05) is 12.1 Å². The number of aryl methyl sites for hydroxylation is 1. The predicted octanol–water partition coefficient (Wildman–Crippen LogP) is 2.36. The van der Waals surface area contributed by atoms with Crippen molar-refractivity contribution in [1.82, 2.24) is 4.90 Å². The van der Waals surface area contributed by atoms with Crippen molar-refractivity contribution in [1.29, 1.82) is 0 Å². The highest BCUT2D eigenvalue weighted by Gasteiger charge is 2.25. The van der Waals surface area contributed by atoms with Crippen molar-refractivity contribution >= 4 is 33.0 Å². The van der Waals surface area contributed by atoms with E-state index in [0.717, 1.165) is 36.0 Å². The highest BCUT2D eigenvalue weighted by Crippen LogP contribution is 2.35. The Morgan fingerprint density at radius 1 is 1.35 bits per heavy atom. The van der Waals surface area contributed by atoms with Gasteiger partial charge in [0.15, 0.2) is 0 Å². The molecule has 4 nitrogen and oxygen atoms in total. The van der Waals surface area contributed by atoms with Crippen LogP contribution in [0.2, 0.25) is 0 Å². The van der Waals surface area contributed by atoms with E-state index >= 15 is 0 Å². The van der Waals surface area contributed by atoms with Crippen LogP contribution in [0.1, 0.15) is 28.1 Å². The number of fused-ring (bicyclic) bond motifs is 1. The Kier molecular flexibility index (Phi) is 3.40. The summed E-state index contributed by atoms with van der Waals surface area (Å²) in [7, 11) is 0. The number of thiophene rings is 1. The zero-order chi connectivity index (χ0) is 14.3. The van der Waals surface area contributed by atoms with Crippen molar-refractivity contribution in [3.05, 3.63) is 28.6 Å². The number of likely N-dealkylation sites (tertiary alicyclic amines) is 1. The van der Waals surface area contributed by atoms with Crippen molar-refractivity contribution in [2.24, 2.45) is 5.73 Å². The highest BCUT2D eigenvalue weighted by molar-refractivity contribution is 7.21. The number of rotatable bonds is 1. The lowest BCUT2D eigenvalue weighted by atomic mass is 10.1. The third-order valence-corrected chi connectivity index (χ3v) is 5.06. The van der Waals surface area contributed by atoms with Crippen LogP contribution in [0.15, 0.2) is 18.2 Å². The molecule has 0 spiro atoms. The van der Waals surface area contributed by atoms with E-state index in [0.29, 0.717) is 10.6 Å². The van der Waals surface area contributed by atoms with E-state index in [1.807, 2.05) is 24.0 Å². The van der Waals surface area contributed by atoms with Gasteiger partial charge in [0.1, 0.15) is 4.88 Å². The standard InChI is InChI=1S/C15H19N3OS/c1-9-2-3-11-12(8-9)20-14(13(11)17)15(19)18-6-4-10(16)5-7-18/h2-3,8,10H,4-7,16-17H2,1H3. The normalized spacial score (nSPS) is 16.8. The SMILES string of the molecule is Cc1ccc2c(N)c(C(=O)N3CCC(N)CC3)sc2c1. The number of carbonyl (C=O) groups excluding carboxylic acids is 1. The molecule has 5 heteroatoms. The minimum absolute atomic E-state index is 0.0493. The molecular formula is C15H19N3OS. The van der Waals surface area contributed by atoms with Gasteiger partial charge in [0.25, 0.3) is 5.91 Å². The third-order valence-electron chi connectivity index (χ3n) is 3.91. The lowest BCUT2D eigenvalue weighted by molar-refractivity contribution is 0.0720. The molecule has 4 N–H and O–H groups in total. The van der Waals surface area contributed by atoms with Gasteiger partial charge in [0, 0.05) is 29.2 Å². The van der Waals surface area contributed by atoms with Crippen LogP contribution in [-0.2, 0) is 0 Å². The molecule has 1 aliphatic rings. The topological polar surface area (TPSA) is 72.4 Å². The first-order valence-corrected chi connectivity index (χ1v) is 7.71. The number of hydrogen-bond donors (Lipinski definition) is 2. The van der Waals surface area contributed by atoms with Gasteiger partial charge in [-0.2, -0.15) is 0 Å². The molecule has 1 aromatic carbocycles. The van der Waals surface area contributed by atoms with E-state index in [2.05, 4.69) is 6.07 Å². The second kappa shape index (κ2) is 5.07. The average Bonchev–Trinajstić information content (AvgIpc) is 2.75. The lowest BCUT2D eigenvalue weighted by Crippen LogP contribution is -2.42. The fourth-order valence-electron chi connectivity index (χ4n) is 2.63. The Morgan fingerprint density at radius 2 is 2.05 bits per heavy atom. The highest BCUT2D eigenvalue weighted by atomic mass is 32.1. The van der Waals surface area contributed by atoms with Crippen molar-refractivity contribution in [3.63, 3.8) is 0 Å². The number of amides is 1. The Labute approximate surface area is 122 Å². The van der Waals surface area contributed by atoms with Crippen molar-refractivity contribution in [3.8, 4) is 0 Å². The van der Waals surface area contributed by atoms with Crippen LogP contribution in [0.4, 0.5) is 5.69 Å². The quantitative estimate of drug-likeness (QED) is 0.846. The van der Waals surface area contributed by atoms with Crippen molar-refractivity contribution < 1.29 is 4.79 Å². The van der Waals surface area contributed by atoms with Crippen LogP contribution in [0, 0.1) is 6.92 Å². The second-order valence-corrected chi connectivity index (χ2v) is 6.53. The summed E-state index contributed by atoms with van der Waals surface area (Å²) in [6.07, 6.45) is 1.74. The molecular weight excluding hydrogens is 270 g/mol. The zero-order valence-corrected chi connectivity index (χ0v) is 12.4. The maximum absolute atomic E-state index is 12.6. The number of carbonyl (C=O) groups is 1. The molecule has 0 bridgehead atoms. The maximum Gasteiger partial charge on any atom is 0.266 e. The largest absolute Gasteiger partial charge is 0.397 e. The molecule has 3 rings (SSSR count). The van der Waals surface area contributed by atoms with Crippen molar-refractivity contribution in [2.75, 3.05) is 18.8 Å². The maximum atomic E-state index is 12.6. The number of piperidine rings is 1. The Balaban J connectivity index is 1.93. The van der Waals surface area contributed by atoms with Gasteiger partial charge in [0.05, 0.1) is 5.69 Å². The van der Waals surface area contributed by atoms with Crippen LogP contribution in [0.3, 0.4) is 0 Å². The first kappa shape index (κ1) is 13.4. The second-order valence-electron chi connectivity index (χ2n) is 5.47. The molecule has 20 heavy (non-hydrogen) atoms. The summed E-state index contributed by atoms with van der Waals surface area (Å²) in [5.41, 5.74) is 13.8. The van der Waals surface area contributed by atoms with E-state index in [9.17, 15) is 4.79 Å². The van der Waals surface area contributed by atoms with Crippen LogP contribution < -0.4 is 11.5 Å². The van der Waals surface area contributed by atoms with Crippen LogP contribution >= 0.6 is 11.3 Å². The van der Waals surface area contributed by atoms with Gasteiger partial charge >= 0.3 is 0 Å². The van der Waals surface area contributed by atoms with Crippen LogP contribution in [0.5, 0.6) is 0 Å². The van der Waals surface area contributed by atoms with E-state index in [-0.39, 0.29) is 11.9 Å². The van der Waals surface area contributed by atoms with Gasteiger partial charge < -0.3 is 16.4 Å². The molecule has 1 amide bonds. The molecule has 1 fully saturated rings. The monoisotopic (exact) mass is 289 g/mol. The summed E-state index contributed by atoms with van der Waals surface area (Å²) in [4.78, 5) is 15.1. The van der Waals surface area contributed by atoms with E-state index < -0.39 is 0 Å². The molecule has 1 aromatic heterocycles. The summed E-state index contributed by atoms with van der Waals surface area (Å²) in [5, 5.41) is 0.984. The lowest BCUT2D eigenvalue weighted by Gasteiger charge is -2.29.